The molecule has 3 heterocycles. The molecule has 3 atom stereocenters. The van der Waals surface area contributed by atoms with E-state index in [1.165, 1.54) is 0 Å². The summed E-state index contributed by atoms with van der Waals surface area (Å²) in [6.45, 7) is 7.18. The lowest BCUT2D eigenvalue weighted by atomic mass is 9.82. The van der Waals surface area contributed by atoms with Crippen LogP contribution in [0.1, 0.15) is 83.4 Å². The van der Waals surface area contributed by atoms with Crippen LogP contribution in [0.2, 0.25) is 0 Å². The zero-order valence-electron chi connectivity index (χ0n) is 18.1. The summed E-state index contributed by atoms with van der Waals surface area (Å²) in [6.07, 6.45) is 1.49. The predicted molar refractivity (Wildman–Crippen MR) is 109 cm³/mol. The molecule has 8 heteroatoms. The minimum absolute atomic E-state index is 0.00836. The summed E-state index contributed by atoms with van der Waals surface area (Å²) in [6, 6.07) is -0.121. The molecule has 0 spiro atoms. The van der Waals surface area contributed by atoms with Crippen molar-refractivity contribution < 1.29 is 18.0 Å². The number of aromatic nitrogens is 2. The highest BCUT2D eigenvalue weighted by Gasteiger charge is 2.48. The van der Waals surface area contributed by atoms with Gasteiger partial charge < -0.3 is 10.2 Å². The third-order valence-corrected chi connectivity index (χ3v) is 7.11. The van der Waals surface area contributed by atoms with Gasteiger partial charge in [-0.3, -0.25) is 4.79 Å². The van der Waals surface area contributed by atoms with Gasteiger partial charge in [-0.25, -0.2) is 4.68 Å². The Kier molecular flexibility index (Phi) is 5.56. The molecule has 30 heavy (non-hydrogen) atoms. The van der Waals surface area contributed by atoms with Crippen LogP contribution in [0.15, 0.2) is 6.07 Å². The lowest BCUT2D eigenvalue weighted by Gasteiger charge is -2.39. The molecule has 1 aromatic heterocycles. The molecule has 168 valence electrons. The van der Waals surface area contributed by atoms with E-state index in [1.54, 1.807) is 6.07 Å². The summed E-state index contributed by atoms with van der Waals surface area (Å²) in [5.74, 6) is 0.784. The molecule has 1 aromatic rings. The van der Waals surface area contributed by atoms with Crippen LogP contribution in [0.25, 0.3) is 0 Å². The molecule has 3 aliphatic rings. The van der Waals surface area contributed by atoms with Crippen LogP contribution in [-0.4, -0.2) is 45.9 Å². The number of carbonyl (C=O) groups is 1. The fourth-order valence-electron chi connectivity index (χ4n) is 5.21. The van der Waals surface area contributed by atoms with E-state index in [0.717, 1.165) is 49.8 Å². The quantitative estimate of drug-likeness (QED) is 0.715. The van der Waals surface area contributed by atoms with Crippen LogP contribution in [0, 0.1) is 11.3 Å². The Hall–Kier alpha value is -1.73. The van der Waals surface area contributed by atoms with E-state index in [4.69, 9.17) is 0 Å². The smallest absolute Gasteiger partial charge is 0.367 e. The van der Waals surface area contributed by atoms with Crippen LogP contribution in [0.3, 0.4) is 0 Å². The van der Waals surface area contributed by atoms with E-state index < -0.39 is 12.2 Å². The average Bonchev–Trinajstić information content (AvgIpc) is 3.34. The Bertz CT molecular complexity index is 776. The van der Waals surface area contributed by atoms with Crippen molar-refractivity contribution >= 4 is 11.7 Å². The van der Waals surface area contributed by atoms with Gasteiger partial charge in [0, 0.05) is 37.0 Å². The molecule has 1 saturated carbocycles. The van der Waals surface area contributed by atoms with Gasteiger partial charge in [0.1, 0.15) is 5.82 Å². The van der Waals surface area contributed by atoms with Gasteiger partial charge >= 0.3 is 6.18 Å². The van der Waals surface area contributed by atoms with Gasteiger partial charge in [-0.15, -0.1) is 0 Å². The molecule has 2 aliphatic heterocycles. The lowest BCUT2D eigenvalue weighted by molar-refractivity contribution is -0.175. The van der Waals surface area contributed by atoms with Crippen LogP contribution in [-0.2, 0) is 4.79 Å². The SMILES string of the molecule is CC(C)(C)[C@@H]1C[C@@H](C(F)(F)F)n2nc([C@@H]3CCCN(C(=O)C4CCCC4)C3)cc2N1. The Morgan fingerprint density at radius 3 is 2.47 bits per heavy atom. The number of nitrogens with zero attached hydrogens (tertiary/aromatic N) is 3. The number of nitrogens with one attached hydrogen (secondary N) is 1. The van der Waals surface area contributed by atoms with E-state index >= 15 is 0 Å². The molecular weight excluding hydrogens is 393 g/mol. The molecule has 0 unspecified atom stereocenters. The van der Waals surface area contributed by atoms with Crippen molar-refractivity contribution in [1.82, 2.24) is 14.7 Å². The molecule has 1 saturated heterocycles. The molecule has 5 nitrogen and oxygen atoms in total. The second-order valence-electron chi connectivity index (χ2n) is 10.4. The van der Waals surface area contributed by atoms with E-state index in [1.807, 2.05) is 25.7 Å². The molecule has 1 amide bonds. The number of piperidine rings is 1. The summed E-state index contributed by atoms with van der Waals surface area (Å²) in [5, 5.41) is 7.72. The standard InChI is InChI=1S/C22H33F3N4O/c1-21(2,3)17-12-18(22(23,24)25)29-19(26-17)11-16(27-29)15-9-6-10-28(13-15)20(30)14-7-4-5-8-14/h11,14-15,17-18,26H,4-10,12-13H2,1-3H3/t15-,17+,18+/m1/s1. The molecule has 4 rings (SSSR count). The zero-order valence-corrected chi connectivity index (χ0v) is 18.1. The zero-order chi connectivity index (χ0) is 21.7. The summed E-state index contributed by atoms with van der Waals surface area (Å²) < 4.78 is 42.6. The van der Waals surface area contributed by atoms with Crippen LogP contribution >= 0.6 is 0 Å². The third kappa shape index (κ3) is 4.19. The number of amides is 1. The summed E-state index contributed by atoms with van der Waals surface area (Å²) in [5.41, 5.74) is 0.374. The minimum Gasteiger partial charge on any atom is -0.367 e. The van der Waals surface area contributed by atoms with Gasteiger partial charge in [0.05, 0.1) is 5.69 Å². The Morgan fingerprint density at radius 1 is 1.13 bits per heavy atom. The van der Waals surface area contributed by atoms with Gasteiger partial charge in [0.25, 0.3) is 0 Å². The van der Waals surface area contributed by atoms with Gasteiger partial charge in [-0.1, -0.05) is 33.6 Å². The molecule has 0 radical (unpaired) electrons. The first-order valence-electron chi connectivity index (χ1n) is 11.3. The number of fused-ring (bicyclic) bond motifs is 1. The molecule has 0 bridgehead atoms. The van der Waals surface area contributed by atoms with Gasteiger partial charge in [0.2, 0.25) is 5.91 Å². The first-order chi connectivity index (χ1) is 14.0. The number of anilines is 1. The van der Waals surface area contributed by atoms with Gasteiger partial charge in [-0.05, 0) is 37.5 Å². The number of carbonyl (C=O) groups excluding carboxylic acids is 1. The summed E-state index contributed by atoms with van der Waals surface area (Å²) in [7, 11) is 0. The Balaban J connectivity index is 1.56. The topological polar surface area (TPSA) is 50.2 Å². The van der Waals surface area contributed by atoms with Crippen LogP contribution in [0.5, 0.6) is 0 Å². The highest BCUT2D eigenvalue weighted by molar-refractivity contribution is 5.79. The highest BCUT2D eigenvalue weighted by atomic mass is 19.4. The van der Waals surface area contributed by atoms with Crippen molar-refractivity contribution in [3.63, 3.8) is 0 Å². The number of alkyl halides is 3. The summed E-state index contributed by atoms with van der Waals surface area (Å²) >= 11 is 0. The van der Waals surface area contributed by atoms with Crippen molar-refractivity contribution in [1.29, 1.82) is 0 Å². The average molecular weight is 427 g/mol. The first kappa shape index (κ1) is 21.5. The van der Waals surface area contributed by atoms with Crippen molar-refractivity contribution in [3.8, 4) is 0 Å². The molecule has 0 aromatic carbocycles. The third-order valence-electron chi connectivity index (χ3n) is 7.11. The van der Waals surface area contributed by atoms with Crippen molar-refractivity contribution in [2.45, 2.75) is 89.9 Å². The van der Waals surface area contributed by atoms with E-state index in [0.29, 0.717) is 18.1 Å². The monoisotopic (exact) mass is 426 g/mol. The van der Waals surface area contributed by atoms with Crippen molar-refractivity contribution in [2.24, 2.45) is 11.3 Å². The van der Waals surface area contributed by atoms with Gasteiger partial charge in [0.15, 0.2) is 6.04 Å². The van der Waals surface area contributed by atoms with E-state index in [2.05, 4.69) is 10.4 Å². The molecular formula is C22H33F3N4O. The first-order valence-corrected chi connectivity index (χ1v) is 11.3. The van der Waals surface area contributed by atoms with Crippen LogP contribution in [0.4, 0.5) is 19.0 Å². The molecule has 1 N–H and O–H groups in total. The minimum atomic E-state index is -4.35. The number of likely N-dealkylation sites (tertiary alicyclic amines) is 1. The lowest BCUT2D eigenvalue weighted by Crippen LogP contribution is -2.44. The fraction of sp³-hybridized carbons (Fsp3) is 0.818. The van der Waals surface area contributed by atoms with Crippen LogP contribution < -0.4 is 5.32 Å². The predicted octanol–water partition coefficient (Wildman–Crippen LogP) is 5.11. The van der Waals surface area contributed by atoms with Crippen molar-refractivity contribution in [3.05, 3.63) is 11.8 Å². The number of rotatable bonds is 2. The highest BCUT2D eigenvalue weighted by Crippen LogP contribution is 2.44. The maximum Gasteiger partial charge on any atom is 0.410 e. The fourth-order valence-corrected chi connectivity index (χ4v) is 5.21. The largest absolute Gasteiger partial charge is 0.410 e. The number of halogens is 3. The van der Waals surface area contributed by atoms with E-state index in [9.17, 15) is 18.0 Å². The summed E-state index contributed by atoms with van der Waals surface area (Å²) in [4.78, 5) is 14.8. The number of hydrogen-bond donors (Lipinski definition) is 1. The molecule has 2 fully saturated rings. The Morgan fingerprint density at radius 2 is 1.83 bits per heavy atom. The second kappa shape index (κ2) is 7.75. The van der Waals surface area contributed by atoms with E-state index in [-0.39, 0.29) is 35.6 Å². The number of hydrogen-bond acceptors (Lipinski definition) is 3. The Labute approximate surface area is 176 Å². The maximum atomic E-state index is 13.8. The molecule has 1 aliphatic carbocycles. The van der Waals surface area contributed by atoms with Crippen molar-refractivity contribution in [2.75, 3.05) is 18.4 Å². The van der Waals surface area contributed by atoms with Gasteiger partial charge in [-0.2, -0.15) is 18.3 Å². The maximum absolute atomic E-state index is 13.8. The second-order valence-corrected chi connectivity index (χ2v) is 10.4. The normalized spacial score (nSPS) is 28.3.